The monoisotopic (exact) mass is 266 g/mol. The summed E-state index contributed by atoms with van der Waals surface area (Å²) in [4.78, 5) is 0. The predicted octanol–water partition coefficient (Wildman–Crippen LogP) is 2.64. The van der Waals surface area contributed by atoms with Crippen molar-refractivity contribution in [2.75, 3.05) is 0 Å². The average molecular weight is 265 g/mol. The maximum Gasteiger partial charge on any atom is -0.870 e. The molecule has 0 aliphatic heterocycles. The Bertz CT molecular complexity index is 45.4. The molecule has 0 saturated heterocycles. The Morgan fingerprint density at radius 1 is 0.909 bits per heavy atom. The maximum atomic E-state index is 2.27. The molecule has 0 rings (SSSR count). The average Bonchev–Trinajstić information content (AvgIpc) is 1.89. The minimum Gasteiger partial charge on any atom is -2.00 e. The first-order valence-electron chi connectivity index (χ1n) is 4.06. The van der Waals surface area contributed by atoms with Crippen molar-refractivity contribution in [2.24, 2.45) is 0 Å². The van der Waals surface area contributed by atoms with Crippen LogP contribution in [0, 0.1) is 0 Å². The van der Waals surface area contributed by atoms with Crippen molar-refractivity contribution in [3.8, 4) is 0 Å². The normalized spacial score (nSPS) is 8.27. The van der Waals surface area contributed by atoms with Gasteiger partial charge in [0.1, 0.15) is 0 Å². The summed E-state index contributed by atoms with van der Waals surface area (Å²) < 4.78 is 1.46. The summed E-state index contributed by atoms with van der Waals surface area (Å²) in [7, 11) is 0. The van der Waals surface area contributed by atoms with Gasteiger partial charge in [0.05, 0.1) is 0 Å². The summed E-state index contributed by atoms with van der Waals surface area (Å²) in [5, 5.41) is 0. The van der Waals surface area contributed by atoms with Crippen molar-refractivity contribution < 1.29 is 11.0 Å². The molecule has 3 heteroatoms. The Morgan fingerprint density at radius 3 is 1.82 bits per heavy atom. The van der Waals surface area contributed by atoms with Gasteiger partial charge >= 0.3 is 72.4 Å². The van der Waals surface area contributed by atoms with Crippen LogP contribution in [0.2, 0.25) is 4.44 Å². The number of hydrogen-bond donors (Lipinski definition) is 0. The summed E-state index contributed by atoms with van der Waals surface area (Å²) in [6.45, 7) is 2.27. The van der Waals surface area contributed by atoms with Crippen molar-refractivity contribution in [1.82, 2.24) is 0 Å². The molecule has 0 aromatic heterocycles. The van der Waals surface area contributed by atoms with Crippen LogP contribution in [0.3, 0.4) is 0 Å². The Morgan fingerprint density at radius 2 is 1.36 bits per heavy atom. The fourth-order valence-corrected chi connectivity index (χ4v) is 1.62. The third-order valence-corrected chi connectivity index (χ3v) is 2.54. The summed E-state index contributed by atoms with van der Waals surface area (Å²) in [5.41, 5.74) is 0. The van der Waals surface area contributed by atoms with Crippen LogP contribution in [0.25, 0.3) is 0 Å². The largest absolute Gasteiger partial charge is 2.00 e. The van der Waals surface area contributed by atoms with E-state index in [1.165, 1.54) is 43.0 Å². The molecule has 0 aromatic carbocycles. The van der Waals surface area contributed by atoms with Crippen molar-refractivity contribution in [3.05, 3.63) is 0 Å². The molecule has 0 fully saturated rings. The number of hydrogen-bond acceptors (Lipinski definition) is 1. The van der Waals surface area contributed by atoms with E-state index in [1.54, 1.807) is 22.5 Å². The molecule has 0 amide bonds. The molecule has 11 heavy (non-hydrogen) atoms. The van der Waals surface area contributed by atoms with E-state index < -0.39 is 0 Å². The van der Waals surface area contributed by atoms with Crippen molar-refractivity contribution in [2.45, 2.75) is 49.9 Å². The molecule has 0 atom stereocenters. The molecular weight excluding hydrogens is 247 g/mol. The molecule has 66 valence electrons. The second-order valence-electron chi connectivity index (χ2n) is 2.52. The van der Waals surface area contributed by atoms with Gasteiger partial charge in [0, 0.05) is 0 Å². The summed E-state index contributed by atoms with van der Waals surface area (Å²) >= 11 is 1.71. The zero-order chi connectivity index (χ0) is 6.95. The summed E-state index contributed by atoms with van der Waals surface area (Å²) in [5.74, 6) is 0. The maximum absolute atomic E-state index is 2.27. The molecule has 0 aromatic rings. The SMILES string of the molecule is CCCCCCC[CH2][Sn+3].[O-2].[OH-]. The second-order valence-corrected chi connectivity index (χ2v) is 3.94. The van der Waals surface area contributed by atoms with E-state index >= 15 is 0 Å². The molecule has 2 nitrogen and oxygen atoms in total. The van der Waals surface area contributed by atoms with Crippen LogP contribution in [0.15, 0.2) is 0 Å². The van der Waals surface area contributed by atoms with Crippen LogP contribution < -0.4 is 0 Å². The van der Waals surface area contributed by atoms with Crippen LogP contribution in [0.4, 0.5) is 0 Å². The van der Waals surface area contributed by atoms with Crippen molar-refractivity contribution in [1.29, 1.82) is 0 Å². The first kappa shape index (κ1) is 17.7. The van der Waals surface area contributed by atoms with Crippen LogP contribution >= 0.6 is 0 Å². The Kier molecular flexibility index (Phi) is 27.4. The van der Waals surface area contributed by atoms with E-state index in [2.05, 4.69) is 6.92 Å². The Labute approximate surface area is 83.5 Å². The van der Waals surface area contributed by atoms with Gasteiger partial charge in [-0.25, -0.2) is 0 Å². The van der Waals surface area contributed by atoms with Gasteiger partial charge in [-0.3, -0.25) is 0 Å². The third kappa shape index (κ3) is 18.0. The molecule has 1 N–H and O–H groups in total. The molecule has 0 aliphatic rings. The van der Waals surface area contributed by atoms with Gasteiger partial charge in [-0.1, -0.05) is 0 Å². The molecule has 0 radical (unpaired) electrons. The van der Waals surface area contributed by atoms with Crippen LogP contribution in [0.1, 0.15) is 45.4 Å². The molecular formula is C8H18O2Sn. The minimum atomic E-state index is 0. The van der Waals surface area contributed by atoms with E-state index in [0.717, 1.165) is 0 Å². The molecule has 0 unspecified atom stereocenters. The number of rotatable bonds is 6. The van der Waals surface area contributed by atoms with E-state index in [0.29, 0.717) is 0 Å². The van der Waals surface area contributed by atoms with E-state index in [4.69, 9.17) is 0 Å². The first-order chi connectivity index (χ1) is 4.41. The standard InChI is InChI=1S/C8H17.H2O.O.Sn/c1-3-5-7-8-6-4-2;;;/h1,3-8H2,2H3;1H2;;/q;;-2;+3/p-1. The van der Waals surface area contributed by atoms with Crippen molar-refractivity contribution in [3.63, 3.8) is 0 Å². The Hall–Kier alpha value is 0.719. The van der Waals surface area contributed by atoms with Gasteiger partial charge in [0.25, 0.3) is 0 Å². The van der Waals surface area contributed by atoms with E-state index in [9.17, 15) is 0 Å². The molecule has 0 aliphatic carbocycles. The van der Waals surface area contributed by atoms with Gasteiger partial charge in [0.2, 0.25) is 0 Å². The zero-order valence-electron chi connectivity index (χ0n) is 7.31. The first-order valence-corrected chi connectivity index (χ1v) is 6.08. The van der Waals surface area contributed by atoms with Gasteiger partial charge in [0.15, 0.2) is 0 Å². The molecule has 0 spiro atoms. The fraction of sp³-hybridized carbons (Fsp3) is 1.00. The summed E-state index contributed by atoms with van der Waals surface area (Å²) in [6.07, 6.45) is 8.71. The Balaban J connectivity index is -0.000000320. The second kappa shape index (κ2) is 17.0. The van der Waals surface area contributed by atoms with Crippen molar-refractivity contribution >= 4 is 22.5 Å². The molecule has 0 heterocycles. The van der Waals surface area contributed by atoms with Crippen LogP contribution in [-0.4, -0.2) is 28.0 Å². The predicted molar refractivity (Wildman–Crippen MR) is 46.6 cm³/mol. The van der Waals surface area contributed by atoms with Crippen LogP contribution in [0.5, 0.6) is 0 Å². The molecule has 0 bridgehead atoms. The van der Waals surface area contributed by atoms with Gasteiger partial charge in [-0.05, 0) is 0 Å². The number of unbranched alkanes of at least 4 members (excludes halogenated alkanes) is 5. The topological polar surface area (TPSA) is 58.5 Å². The molecule has 0 saturated carbocycles. The third-order valence-electron chi connectivity index (χ3n) is 1.53. The summed E-state index contributed by atoms with van der Waals surface area (Å²) in [6, 6.07) is 0. The van der Waals surface area contributed by atoms with Gasteiger partial charge in [-0.15, -0.1) is 0 Å². The fourth-order valence-electron chi connectivity index (χ4n) is 0.905. The quantitative estimate of drug-likeness (QED) is 0.537. The minimum absolute atomic E-state index is 0. The zero-order valence-corrected chi connectivity index (χ0v) is 10.2. The van der Waals surface area contributed by atoms with E-state index in [-0.39, 0.29) is 11.0 Å². The van der Waals surface area contributed by atoms with Crippen LogP contribution in [-0.2, 0) is 5.48 Å². The van der Waals surface area contributed by atoms with Gasteiger partial charge in [-0.2, -0.15) is 0 Å². The van der Waals surface area contributed by atoms with Gasteiger partial charge < -0.3 is 11.0 Å². The van der Waals surface area contributed by atoms with E-state index in [1.807, 2.05) is 0 Å². The smallest absolute Gasteiger partial charge is 0.870 e.